The first-order valence-electron chi connectivity index (χ1n) is 3.65. The molecule has 0 aliphatic rings. The highest BCUT2D eigenvalue weighted by molar-refractivity contribution is 7.20. The molecule has 13 heavy (non-hydrogen) atoms. The molecular weight excluding hydrogens is 227 g/mol. The second-order valence-corrected chi connectivity index (χ2v) is 4.96. The lowest BCUT2D eigenvalue weighted by Gasteiger charge is -1.95. The van der Waals surface area contributed by atoms with Crippen molar-refractivity contribution in [1.82, 2.24) is 0 Å². The lowest BCUT2D eigenvalue weighted by atomic mass is 10.1. The number of ketones is 1. The van der Waals surface area contributed by atoms with Crippen molar-refractivity contribution in [3.8, 4) is 0 Å². The van der Waals surface area contributed by atoms with Crippen molar-refractivity contribution >= 4 is 45.9 Å². The van der Waals surface area contributed by atoms with Gasteiger partial charge in [-0.05, 0) is 31.6 Å². The first-order chi connectivity index (χ1) is 6.00. The predicted molar refractivity (Wildman–Crippen MR) is 58.7 cm³/mol. The van der Waals surface area contributed by atoms with Crippen LogP contribution >= 0.6 is 34.5 Å². The molecule has 70 valence electrons. The second kappa shape index (κ2) is 4.27. The molecule has 0 bridgehead atoms. The number of thiophene rings is 1. The molecule has 1 heterocycles. The maximum absolute atomic E-state index is 10.8. The van der Waals surface area contributed by atoms with Crippen molar-refractivity contribution in [2.45, 2.75) is 13.8 Å². The number of hydrogen-bond donors (Lipinski definition) is 0. The first-order valence-corrected chi connectivity index (χ1v) is 5.22. The molecule has 0 atom stereocenters. The van der Waals surface area contributed by atoms with Crippen LogP contribution in [0.3, 0.4) is 0 Å². The van der Waals surface area contributed by atoms with Crippen LogP contribution in [-0.2, 0) is 4.79 Å². The summed E-state index contributed by atoms with van der Waals surface area (Å²) >= 11 is 13.0. The molecular formula is C9H8Cl2OS. The quantitative estimate of drug-likeness (QED) is 0.707. The van der Waals surface area contributed by atoms with Gasteiger partial charge >= 0.3 is 0 Å². The molecule has 0 saturated heterocycles. The van der Waals surface area contributed by atoms with Crippen LogP contribution in [0.1, 0.15) is 19.4 Å². The summed E-state index contributed by atoms with van der Waals surface area (Å²) in [6, 6.07) is 1.77. The Morgan fingerprint density at radius 1 is 1.46 bits per heavy atom. The summed E-state index contributed by atoms with van der Waals surface area (Å²) < 4.78 is 1.26. The summed E-state index contributed by atoms with van der Waals surface area (Å²) in [5.74, 6) is 0.0101. The highest BCUT2D eigenvalue weighted by Gasteiger charge is 2.07. The van der Waals surface area contributed by atoms with Crippen LogP contribution in [0.25, 0.3) is 5.57 Å². The van der Waals surface area contributed by atoms with Crippen LogP contribution in [-0.4, -0.2) is 5.78 Å². The fourth-order valence-corrected chi connectivity index (χ4v) is 2.58. The lowest BCUT2D eigenvalue weighted by molar-refractivity contribution is -0.112. The summed E-state index contributed by atoms with van der Waals surface area (Å²) in [5, 5.41) is 0. The van der Waals surface area contributed by atoms with Gasteiger partial charge in [-0.1, -0.05) is 23.2 Å². The van der Waals surface area contributed by atoms with Crippen LogP contribution in [0.4, 0.5) is 0 Å². The summed E-state index contributed by atoms with van der Waals surface area (Å²) in [5.41, 5.74) is 1.69. The Kier molecular flexibility index (Phi) is 3.54. The summed E-state index contributed by atoms with van der Waals surface area (Å²) in [6.45, 7) is 3.34. The second-order valence-electron chi connectivity index (χ2n) is 2.68. The molecule has 0 aliphatic heterocycles. The standard InChI is InChI=1S/C9H8Cl2OS/c1-5(3-6(2)12)7-4-8(10)13-9(7)11/h3-4H,1-2H3/b5-3-. The zero-order valence-corrected chi connectivity index (χ0v) is 9.56. The number of hydrogen-bond acceptors (Lipinski definition) is 2. The van der Waals surface area contributed by atoms with Gasteiger partial charge in [-0.15, -0.1) is 11.3 Å². The maximum Gasteiger partial charge on any atom is 0.152 e. The monoisotopic (exact) mass is 234 g/mol. The molecule has 4 heteroatoms. The third-order valence-electron chi connectivity index (χ3n) is 1.50. The maximum atomic E-state index is 10.8. The molecule has 0 unspecified atom stereocenters. The number of allylic oxidation sites excluding steroid dienone is 2. The van der Waals surface area contributed by atoms with Gasteiger partial charge < -0.3 is 0 Å². The van der Waals surface area contributed by atoms with Crippen molar-refractivity contribution in [3.63, 3.8) is 0 Å². The van der Waals surface area contributed by atoms with Crippen LogP contribution in [0.15, 0.2) is 12.1 Å². The van der Waals surface area contributed by atoms with Crippen molar-refractivity contribution in [2.24, 2.45) is 0 Å². The van der Waals surface area contributed by atoms with E-state index >= 15 is 0 Å². The molecule has 1 rings (SSSR count). The molecule has 0 spiro atoms. The molecule has 0 radical (unpaired) electrons. The molecule has 0 saturated carbocycles. The Labute approximate surface area is 91.0 Å². The number of rotatable bonds is 2. The Bertz CT molecular complexity index is 366. The molecule has 0 N–H and O–H groups in total. The van der Waals surface area contributed by atoms with Crippen LogP contribution in [0.2, 0.25) is 8.67 Å². The highest BCUT2D eigenvalue weighted by atomic mass is 35.5. The van der Waals surface area contributed by atoms with Crippen molar-refractivity contribution in [3.05, 3.63) is 26.4 Å². The minimum Gasteiger partial charge on any atom is -0.295 e. The van der Waals surface area contributed by atoms with Crippen molar-refractivity contribution in [2.75, 3.05) is 0 Å². The topological polar surface area (TPSA) is 17.1 Å². The van der Waals surface area contributed by atoms with Crippen LogP contribution in [0, 0.1) is 0 Å². The van der Waals surface area contributed by atoms with E-state index in [9.17, 15) is 4.79 Å². The van der Waals surface area contributed by atoms with Crippen LogP contribution in [0.5, 0.6) is 0 Å². The SMILES string of the molecule is CC(=O)/C=C(/C)c1cc(Cl)sc1Cl. The van der Waals surface area contributed by atoms with E-state index < -0.39 is 0 Å². The summed E-state index contributed by atoms with van der Waals surface area (Å²) in [4.78, 5) is 10.8. The number of carbonyl (C=O) groups is 1. The Morgan fingerprint density at radius 2 is 2.08 bits per heavy atom. The van der Waals surface area contributed by atoms with Gasteiger partial charge in [0.15, 0.2) is 5.78 Å². The molecule has 0 aliphatic carbocycles. The fourth-order valence-electron chi connectivity index (χ4n) is 0.992. The lowest BCUT2D eigenvalue weighted by Crippen LogP contribution is -1.84. The molecule has 1 aromatic heterocycles. The zero-order valence-electron chi connectivity index (χ0n) is 7.23. The Morgan fingerprint density at radius 3 is 2.46 bits per heavy atom. The molecule has 0 amide bonds. The van der Waals surface area contributed by atoms with Gasteiger partial charge in [-0.3, -0.25) is 4.79 Å². The molecule has 1 nitrogen and oxygen atoms in total. The number of carbonyl (C=O) groups excluding carboxylic acids is 1. The van der Waals surface area contributed by atoms with Gasteiger partial charge in [0.1, 0.15) is 4.34 Å². The Balaban J connectivity index is 3.08. The highest BCUT2D eigenvalue weighted by Crippen LogP contribution is 2.35. The third-order valence-corrected chi connectivity index (χ3v) is 2.99. The van der Waals surface area contributed by atoms with Gasteiger partial charge in [0, 0.05) is 5.56 Å². The van der Waals surface area contributed by atoms with Crippen LogP contribution < -0.4 is 0 Å². The molecule has 0 fully saturated rings. The number of halogens is 2. The average molecular weight is 235 g/mol. The smallest absolute Gasteiger partial charge is 0.152 e. The largest absolute Gasteiger partial charge is 0.295 e. The van der Waals surface area contributed by atoms with Gasteiger partial charge in [0.2, 0.25) is 0 Å². The van der Waals surface area contributed by atoms with Gasteiger partial charge in [-0.2, -0.15) is 0 Å². The molecule has 0 aromatic carbocycles. The van der Waals surface area contributed by atoms with Gasteiger partial charge in [0.05, 0.1) is 4.34 Å². The minimum absolute atomic E-state index is 0.0101. The van der Waals surface area contributed by atoms with E-state index in [1.54, 1.807) is 12.1 Å². The first kappa shape index (κ1) is 10.8. The van der Waals surface area contributed by atoms with E-state index in [0.29, 0.717) is 8.67 Å². The average Bonchev–Trinajstić information content (AvgIpc) is 2.28. The van der Waals surface area contributed by atoms with Crippen molar-refractivity contribution in [1.29, 1.82) is 0 Å². The van der Waals surface area contributed by atoms with E-state index in [-0.39, 0.29) is 5.78 Å². The fraction of sp³-hybridized carbons (Fsp3) is 0.222. The summed E-state index contributed by atoms with van der Waals surface area (Å²) in [7, 11) is 0. The van der Waals surface area contributed by atoms with E-state index in [1.807, 2.05) is 6.92 Å². The van der Waals surface area contributed by atoms with E-state index in [4.69, 9.17) is 23.2 Å². The van der Waals surface area contributed by atoms with Gasteiger partial charge in [0.25, 0.3) is 0 Å². The van der Waals surface area contributed by atoms with E-state index in [0.717, 1.165) is 11.1 Å². The van der Waals surface area contributed by atoms with E-state index in [1.165, 1.54) is 18.3 Å². The Hall–Kier alpha value is -0.310. The van der Waals surface area contributed by atoms with Gasteiger partial charge in [-0.25, -0.2) is 0 Å². The van der Waals surface area contributed by atoms with Crippen molar-refractivity contribution < 1.29 is 4.79 Å². The normalized spacial score (nSPS) is 11.8. The minimum atomic E-state index is 0.0101. The van der Waals surface area contributed by atoms with E-state index in [2.05, 4.69) is 0 Å². The summed E-state index contributed by atoms with van der Waals surface area (Å²) in [6.07, 6.45) is 1.55. The predicted octanol–water partition coefficient (Wildman–Crippen LogP) is 4.05. The molecule has 1 aromatic rings. The zero-order chi connectivity index (χ0) is 10.0. The third kappa shape index (κ3) is 2.83.